The SMILES string of the molecule is CCCC(=O)C(O)[C@H]1O[C@@H](n2cnc3c(N)ncnc32)[C@]2(O)C(C)(C)[C@]12O. The molecule has 2 aromatic rings. The molecule has 4 rings (SSSR count). The summed E-state index contributed by atoms with van der Waals surface area (Å²) in [7, 11) is 0. The molecule has 2 fully saturated rings. The Morgan fingerprint density at radius 1 is 1.33 bits per heavy atom. The number of hydrogen-bond donors (Lipinski definition) is 4. The van der Waals surface area contributed by atoms with Crippen LogP contribution in [0.2, 0.25) is 0 Å². The zero-order valence-corrected chi connectivity index (χ0v) is 15.3. The summed E-state index contributed by atoms with van der Waals surface area (Å²) in [6.07, 6.45) is -0.586. The van der Waals surface area contributed by atoms with Crippen LogP contribution >= 0.6 is 0 Å². The van der Waals surface area contributed by atoms with Gasteiger partial charge in [-0.05, 0) is 6.42 Å². The van der Waals surface area contributed by atoms with Gasteiger partial charge < -0.3 is 25.8 Å². The van der Waals surface area contributed by atoms with Gasteiger partial charge in [0.15, 0.2) is 23.5 Å². The number of Topliss-reactive ketones (excluding diaryl/α,β-unsaturated/α-hetero) is 1. The fourth-order valence-electron chi connectivity index (χ4n) is 4.48. The largest absolute Gasteiger partial charge is 0.383 e. The fourth-order valence-corrected chi connectivity index (χ4v) is 4.48. The zero-order valence-electron chi connectivity index (χ0n) is 15.3. The lowest BCUT2D eigenvalue weighted by Gasteiger charge is -2.29. The number of fused-ring (bicyclic) bond motifs is 2. The number of carbonyl (C=O) groups is 1. The molecule has 3 heterocycles. The maximum absolute atomic E-state index is 12.2. The van der Waals surface area contributed by atoms with Crippen LogP contribution in [0.1, 0.15) is 39.8 Å². The van der Waals surface area contributed by atoms with Gasteiger partial charge in [-0.3, -0.25) is 9.36 Å². The molecule has 0 bridgehead atoms. The van der Waals surface area contributed by atoms with Crippen LogP contribution in [0.5, 0.6) is 0 Å². The maximum Gasteiger partial charge on any atom is 0.169 e. The number of rotatable bonds is 5. The highest BCUT2D eigenvalue weighted by Gasteiger charge is 2.93. The standard InChI is InChI=1S/C17H23N5O5/c1-4-5-8(23)10(24)11-16(25)15(2,3)17(16,26)14(27-11)22-7-21-9-12(18)19-6-20-13(9)22/h6-7,10-11,14,24-26H,4-5H2,1-3H3,(H2,18,19,20)/t10?,11-,14-,16-,17+/m1/s1. The van der Waals surface area contributed by atoms with Crippen LogP contribution in [0.25, 0.3) is 11.2 Å². The van der Waals surface area contributed by atoms with Crippen molar-refractivity contribution in [3.05, 3.63) is 12.7 Å². The van der Waals surface area contributed by atoms with Gasteiger partial charge in [0.2, 0.25) is 0 Å². The Bertz CT molecular complexity index is 930. The summed E-state index contributed by atoms with van der Waals surface area (Å²) in [6.45, 7) is 5.14. The number of aliphatic hydroxyl groups is 3. The number of nitrogen functional groups attached to an aromatic ring is 1. The molecule has 0 spiro atoms. The van der Waals surface area contributed by atoms with Crippen molar-refractivity contribution in [1.29, 1.82) is 0 Å². The Labute approximate surface area is 155 Å². The molecule has 0 radical (unpaired) electrons. The van der Waals surface area contributed by atoms with Crippen LogP contribution in [0.3, 0.4) is 0 Å². The van der Waals surface area contributed by atoms with E-state index in [1.54, 1.807) is 13.8 Å². The van der Waals surface area contributed by atoms with Crippen LogP contribution in [0.15, 0.2) is 12.7 Å². The molecule has 146 valence electrons. The minimum absolute atomic E-state index is 0.151. The van der Waals surface area contributed by atoms with Crippen LogP contribution in [-0.4, -0.2) is 64.0 Å². The van der Waals surface area contributed by atoms with Crippen LogP contribution < -0.4 is 5.73 Å². The molecule has 5 N–H and O–H groups in total. The van der Waals surface area contributed by atoms with Crippen LogP contribution in [0.4, 0.5) is 5.82 Å². The van der Waals surface area contributed by atoms with E-state index in [-0.39, 0.29) is 12.2 Å². The highest BCUT2D eigenvalue weighted by molar-refractivity contribution is 5.84. The minimum Gasteiger partial charge on any atom is -0.383 e. The second-order valence-electron chi connectivity index (χ2n) is 7.81. The molecule has 1 aliphatic carbocycles. The van der Waals surface area contributed by atoms with E-state index in [9.17, 15) is 20.1 Å². The molecular formula is C17H23N5O5. The van der Waals surface area contributed by atoms with E-state index in [0.29, 0.717) is 17.6 Å². The van der Waals surface area contributed by atoms with Gasteiger partial charge >= 0.3 is 0 Å². The topological polar surface area (TPSA) is 157 Å². The number of hydrogen-bond acceptors (Lipinski definition) is 9. The van der Waals surface area contributed by atoms with E-state index in [2.05, 4.69) is 15.0 Å². The molecule has 1 unspecified atom stereocenters. The highest BCUT2D eigenvalue weighted by Crippen LogP contribution is 2.76. The van der Waals surface area contributed by atoms with Crippen molar-refractivity contribution in [3.63, 3.8) is 0 Å². The van der Waals surface area contributed by atoms with Crippen LogP contribution in [0, 0.1) is 5.41 Å². The second-order valence-corrected chi connectivity index (χ2v) is 7.81. The quantitative estimate of drug-likeness (QED) is 0.541. The summed E-state index contributed by atoms with van der Waals surface area (Å²) in [5, 5.41) is 33.1. The summed E-state index contributed by atoms with van der Waals surface area (Å²) < 4.78 is 7.29. The van der Waals surface area contributed by atoms with Gasteiger partial charge in [-0.25, -0.2) is 15.0 Å². The first-order valence-corrected chi connectivity index (χ1v) is 8.87. The maximum atomic E-state index is 12.2. The Morgan fingerprint density at radius 2 is 2.04 bits per heavy atom. The average Bonchev–Trinajstić information content (AvgIpc) is 3.00. The summed E-state index contributed by atoms with van der Waals surface area (Å²) in [6, 6.07) is 0. The molecule has 5 atom stereocenters. The van der Waals surface area contributed by atoms with Gasteiger partial charge in [0.25, 0.3) is 0 Å². The van der Waals surface area contributed by atoms with Crippen molar-refractivity contribution in [2.24, 2.45) is 5.41 Å². The van der Waals surface area contributed by atoms with Gasteiger partial charge in [0.05, 0.1) is 6.33 Å². The zero-order chi connectivity index (χ0) is 19.8. The van der Waals surface area contributed by atoms with E-state index in [1.807, 2.05) is 6.92 Å². The number of ether oxygens (including phenoxy) is 1. The van der Waals surface area contributed by atoms with E-state index in [0.717, 1.165) is 0 Å². The number of ketones is 1. The Morgan fingerprint density at radius 3 is 2.70 bits per heavy atom. The molecule has 1 saturated heterocycles. The third-order valence-corrected chi connectivity index (χ3v) is 6.22. The molecule has 1 saturated carbocycles. The molecule has 1 aliphatic heterocycles. The van der Waals surface area contributed by atoms with Crippen molar-refractivity contribution in [3.8, 4) is 0 Å². The number of aliphatic hydroxyl groups excluding tert-OH is 1. The second kappa shape index (κ2) is 5.44. The summed E-state index contributed by atoms with van der Waals surface area (Å²) in [5.41, 5.74) is 1.88. The number of anilines is 1. The summed E-state index contributed by atoms with van der Waals surface area (Å²) >= 11 is 0. The van der Waals surface area contributed by atoms with Gasteiger partial charge in [0, 0.05) is 11.8 Å². The molecule has 0 aromatic carbocycles. The first-order valence-electron chi connectivity index (χ1n) is 8.87. The fraction of sp³-hybridized carbons (Fsp3) is 0.647. The molecule has 10 nitrogen and oxygen atoms in total. The van der Waals surface area contributed by atoms with Gasteiger partial charge in [-0.15, -0.1) is 0 Å². The summed E-state index contributed by atoms with van der Waals surface area (Å²) in [4.78, 5) is 24.4. The highest BCUT2D eigenvalue weighted by atomic mass is 16.6. The van der Waals surface area contributed by atoms with E-state index >= 15 is 0 Å². The number of aromatic nitrogens is 4. The Balaban J connectivity index is 1.79. The monoisotopic (exact) mass is 377 g/mol. The normalized spacial score (nSPS) is 35.2. The third kappa shape index (κ3) is 1.93. The predicted octanol–water partition coefficient (Wildman–Crippen LogP) is -0.462. The molecule has 2 aliphatic rings. The lowest BCUT2D eigenvalue weighted by atomic mass is 9.94. The van der Waals surface area contributed by atoms with Crippen molar-refractivity contribution in [2.75, 3.05) is 5.73 Å². The van der Waals surface area contributed by atoms with Gasteiger partial charge in [-0.2, -0.15) is 0 Å². The lowest BCUT2D eigenvalue weighted by molar-refractivity contribution is -0.160. The minimum atomic E-state index is -1.80. The van der Waals surface area contributed by atoms with Crippen molar-refractivity contribution in [2.45, 2.75) is 63.3 Å². The number of imidazole rings is 1. The molecule has 10 heteroatoms. The van der Waals surface area contributed by atoms with Crippen molar-refractivity contribution < 1.29 is 24.9 Å². The van der Waals surface area contributed by atoms with Gasteiger partial charge in [-0.1, -0.05) is 20.8 Å². The number of carbonyl (C=O) groups excluding carboxylic acids is 1. The predicted molar refractivity (Wildman–Crippen MR) is 93.2 cm³/mol. The number of nitrogens with two attached hydrogens (primary N) is 1. The van der Waals surface area contributed by atoms with E-state index in [4.69, 9.17) is 10.5 Å². The Kier molecular flexibility index (Phi) is 3.68. The Hall–Kier alpha value is -2.14. The smallest absolute Gasteiger partial charge is 0.169 e. The molecule has 0 amide bonds. The number of nitrogens with zero attached hydrogens (tertiary/aromatic N) is 4. The van der Waals surface area contributed by atoms with E-state index in [1.165, 1.54) is 17.2 Å². The first-order chi connectivity index (χ1) is 12.6. The van der Waals surface area contributed by atoms with Crippen LogP contribution in [-0.2, 0) is 9.53 Å². The summed E-state index contributed by atoms with van der Waals surface area (Å²) in [5.74, 6) is -0.271. The molecule has 27 heavy (non-hydrogen) atoms. The first kappa shape index (κ1) is 18.2. The van der Waals surface area contributed by atoms with Gasteiger partial charge in [0.1, 0.15) is 35.3 Å². The van der Waals surface area contributed by atoms with E-state index < -0.39 is 40.8 Å². The average molecular weight is 377 g/mol. The van der Waals surface area contributed by atoms with Crippen molar-refractivity contribution in [1.82, 2.24) is 19.5 Å². The molecule has 2 aromatic heterocycles. The van der Waals surface area contributed by atoms with Crippen molar-refractivity contribution >= 4 is 22.8 Å². The molecular weight excluding hydrogens is 354 g/mol. The lowest BCUT2D eigenvalue weighted by Crippen LogP contribution is -2.46. The third-order valence-electron chi connectivity index (χ3n) is 6.22.